The first kappa shape index (κ1) is 13.2. The minimum atomic E-state index is -0.539. The Balaban J connectivity index is 2.50. The topological polar surface area (TPSA) is 38.7 Å². The Labute approximate surface area is 109 Å². The zero-order valence-electron chi connectivity index (χ0n) is 11.9. The molecule has 0 aromatic heterocycles. The Hall–Kier alpha value is -1.22. The second-order valence-corrected chi connectivity index (χ2v) is 5.20. The summed E-state index contributed by atoms with van der Waals surface area (Å²) in [6.07, 6.45) is 1.70. The lowest BCUT2D eigenvalue weighted by Gasteiger charge is -2.37. The number of benzene rings is 1. The van der Waals surface area contributed by atoms with Gasteiger partial charge in [0.05, 0.1) is 0 Å². The van der Waals surface area contributed by atoms with E-state index < -0.39 is 5.79 Å². The molecule has 1 unspecified atom stereocenters. The highest BCUT2D eigenvalue weighted by molar-refractivity contribution is 5.58. The first-order valence-corrected chi connectivity index (χ1v) is 6.54. The van der Waals surface area contributed by atoms with Gasteiger partial charge in [0.2, 0.25) is 5.79 Å². The fraction of sp³-hybridized carbons (Fsp3) is 0.600. The minimum Gasteiger partial charge on any atom is -0.507 e. The van der Waals surface area contributed by atoms with Crippen LogP contribution in [-0.2, 0) is 11.2 Å². The van der Waals surface area contributed by atoms with Crippen LogP contribution in [0.4, 0.5) is 0 Å². The Morgan fingerprint density at radius 1 is 1.22 bits per heavy atom. The van der Waals surface area contributed by atoms with Gasteiger partial charge in [-0.1, -0.05) is 0 Å². The molecule has 1 N–H and O–H groups in total. The molecule has 1 heterocycles. The summed E-state index contributed by atoms with van der Waals surface area (Å²) in [6.45, 7) is 10.5. The second kappa shape index (κ2) is 4.47. The van der Waals surface area contributed by atoms with Crippen molar-refractivity contribution >= 4 is 0 Å². The average Bonchev–Trinajstić information content (AvgIpc) is 2.34. The third-order valence-electron chi connectivity index (χ3n) is 3.94. The van der Waals surface area contributed by atoms with Crippen molar-refractivity contribution in [2.75, 3.05) is 6.61 Å². The van der Waals surface area contributed by atoms with Crippen molar-refractivity contribution in [3.8, 4) is 11.5 Å². The van der Waals surface area contributed by atoms with Crippen LogP contribution in [0.15, 0.2) is 0 Å². The molecular formula is C15H22O3. The van der Waals surface area contributed by atoms with Crippen LogP contribution in [0.1, 0.15) is 42.5 Å². The second-order valence-electron chi connectivity index (χ2n) is 5.20. The maximum atomic E-state index is 10.1. The third-order valence-corrected chi connectivity index (χ3v) is 3.94. The number of phenolic OH excluding ortho intramolecular Hbond substituents is 1. The molecule has 0 spiro atoms. The van der Waals surface area contributed by atoms with Gasteiger partial charge in [-0.25, -0.2) is 0 Å². The summed E-state index contributed by atoms with van der Waals surface area (Å²) < 4.78 is 11.8. The molecule has 0 aliphatic carbocycles. The van der Waals surface area contributed by atoms with Gasteiger partial charge < -0.3 is 14.6 Å². The number of hydrogen-bond donors (Lipinski definition) is 1. The molecule has 0 fully saturated rings. The van der Waals surface area contributed by atoms with Crippen molar-refractivity contribution in [2.45, 2.75) is 53.2 Å². The van der Waals surface area contributed by atoms with Gasteiger partial charge in [0, 0.05) is 25.5 Å². The molecule has 100 valence electrons. The van der Waals surface area contributed by atoms with Gasteiger partial charge in [-0.15, -0.1) is 0 Å². The molecule has 1 aliphatic heterocycles. The van der Waals surface area contributed by atoms with Crippen LogP contribution in [0.5, 0.6) is 11.5 Å². The number of hydrogen-bond acceptors (Lipinski definition) is 3. The molecule has 1 atom stereocenters. The normalized spacial score (nSPS) is 22.5. The van der Waals surface area contributed by atoms with Crippen LogP contribution >= 0.6 is 0 Å². The van der Waals surface area contributed by atoms with E-state index >= 15 is 0 Å². The standard InChI is InChI=1S/C15H22O3/c1-6-17-15(5)8-7-12-11(4)13(16)9(2)10(3)14(12)18-15/h16H,6-8H2,1-5H3. The molecular weight excluding hydrogens is 228 g/mol. The van der Waals surface area contributed by atoms with Crippen LogP contribution in [0, 0.1) is 20.8 Å². The van der Waals surface area contributed by atoms with Crippen molar-refractivity contribution < 1.29 is 14.6 Å². The summed E-state index contributed by atoms with van der Waals surface area (Å²) in [5.74, 6) is 0.752. The summed E-state index contributed by atoms with van der Waals surface area (Å²) in [6, 6.07) is 0. The summed E-state index contributed by atoms with van der Waals surface area (Å²) in [4.78, 5) is 0. The highest BCUT2D eigenvalue weighted by Crippen LogP contribution is 2.43. The molecule has 1 aliphatic rings. The van der Waals surface area contributed by atoms with E-state index in [1.807, 2.05) is 34.6 Å². The van der Waals surface area contributed by atoms with E-state index in [1.165, 1.54) is 0 Å². The van der Waals surface area contributed by atoms with Gasteiger partial charge >= 0.3 is 0 Å². The first-order chi connectivity index (χ1) is 8.39. The summed E-state index contributed by atoms with van der Waals surface area (Å²) >= 11 is 0. The van der Waals surface area contributed by atoms with Crippen molar-refractivity contribution in [3.63, 3.8) is 0 Å². The molecule has 0 amide bonds. The molecule has 2 rings (SSSR count). The Morgan fingerprint density at radius 2 is 1.89 bits per heavy atom. The fourth-order valence-corrected chi connectivity index (χ4v) is 2.63. The van der Waals surface area contributed by atoms with Gasteiger partial charge in [-0.3, -0.25) is 0 Å². The van der Waals surface area contributed by atoms with Gasteiger partial charge in [-0.05, 0) is 50.8 Å². The number of rotatable bonds is 2. The van der Waals surface area contributed by atoms with Gasteiger partial charge in [0.1, 0.15) is 11.5 Å². The number of fused-ring (bicyclic) bond motifs is 1. The quantitative estimate of drug-likeness (QED) is 0.874. The lowest BCUT2D eigenvalue weighted by Crippen LogP contribution is -2.39. The van der Waals surface area contributed by atoms with Crippen molar-refractivity contribution in [1.29, 1.82) is 0 Å². The average molecular weight is 250 g/mol. The zero-order valence-corrected chi connectivity index (χ0v) is 11.9. The maximum Gasteiger partial charge on any atom is 0.208 e. The zero-order chi connectivity index (χ0) is 13.5. The van der Waals surface area contributed by atoms with E-state index in [0.717, 1.165) is 40.8 Å². The van der Waals surface area contributed by atoms with Crippen LogP contribution in [0.3, 0.4) is 0 Å². The molecule has 0 saturated carbocycles. The lowest BCUT2D eigenvalue weighted by atomic mass is 9.91. The SMILES string of the molecule is CCOC1(C)CCc2c(C)c(O)c(C)c(C)c2O1. The summed E-state index contributed by atoms with van der Waals surface area (Å²) in [5, 5.41) is 10.1. The molecule has 3 heteroatoms. The van der Waals surface area contributed by atoms with Crippen LogP contribution < -0.4 is 4.74 Å². The highest BCUT2D eigenvalue weighted by atomic mass is 16.7. The number of phenols is 1. The summed E-state index contributed by atoms with van der Waals surface area (Å²) in [7, 11) is 0. The predicted octanol–water partition coefficient (Wildman–Crippen LogP) is 3.40. The largest absolute Gasteiger partial charge is 0.507 e. The smallest absolute Gasteiger partial charge is 0.208 e. The van der Waals surface area contributed by atoms with Crippen molar-refractivity contribution in [1.82, 2.24) is 0 Å². The fourth-order valence-electron chi connectivity index (χ4n) is 2.63. The molecule has 18 heavy (non-hydrogen) atoms. The Bertz CT molecular complexity index is 479. The molecule has 1 aromatic rings. The predicted molar refractivity (Wildman–Crippen MR) is 71.3 cm³/mol. The Morgan fingerprint density at radius 3 is 2.50 bits per heavy atom. The maximum absolute atomic E-state index is 10.1. The van der Waals surface area contributed by atoms with E-state index in [2.05, 4.69) is 0 Å². The molecule has 3 nitrogen and oxygen atoms in total. The highest BCUT2D eigenvalue weighted by Gasteiger charge is 2.34. The van der Waals surface area contributed by atoms with Crippen LogP contribution in [0.2, 0.25) is 0 Å². The van der Waals surface area contributed by atoms with Gasteiger partial charge in [-0.2, -0.15) is 0 Å². The minimum absolute atomic E-state index is 0.398. The van der Waals surface area contributed by atoms with Crippen LogP contribution in [-0.4, -0.2) is 17.5 Å². The lowest BCUT2D eigenvalue weighted by molar-refractivity contribution is -0.177. The number of ether oxygens (including phenoxy) is 2. The monoisotopic (exact) mass is 250 g/mol. The third kappa shape index (κ3) is 1.97. The van der Waals surface area contributed by atoms with Crippen molar-refractivity contribution in [2.24, 2.45) is 0 Å². The van der Waals surface area contributed by atoms with E-state index in [9.17, 15) is 5.11 Å². The molecule has 1 aromatic carbocycles. The van der Waals surface area contributed by atoms with Gasteiger partial charge in [0.15, 0.2) is 0 Å². The first-order valence-electron chi connectivity index (χ1n) is 6.54. The van der Waals surface area contributed by atoms with E-state index in [1.54, 1.807) is 0 Å². The molecule has 0 bridgehead atoms. The van der Waals surface area contributed by atoms with E-state index in [-0.39, 0.29) is 0 Å². The van der Waals surface area contributed by atoms with Crippen molar-refractivity contribution in [3.05, 3.63) is 22.3 Å². The summed E-state index contributed by atoms with van der Waals surface area (Å²) in [5.41, 5.74) is 3.96. The van der Waals surface area contributed by atoms with E-state index in [0.29, 0.717) is 12.4 Å². The molecule has 0 radical (unpaired) electrons. The number of aromatic hydroxyl groups is 1. The Kier molecular flexibility index (Phi) is 3.28. The van der Waals surface area contributed by atoms with E-state index in [4.69, 9.17) is 9.47 Å². The van der Waals surface area contributed by atoms with Gasteiger partial charge in [0.25, 0.3) is 0 Å². The van der Waals surface area contributed by atoms with Crippen LogP contribution in [0.25, 0.3) is 0 Å². The molecule has 0 saturated heterocycles.